The largest absolute Gasteiger partial charge is 0.492 e. The van der Waals surface area contributed by atoms with Gasteiger partial charge in [-0.25, -0.2) is 8.78 Å². The topological polar surface area (TPSA) is 66.0 Å². The van der Waals surface area contributed by atoms with Gasteiger partial charge < -0.3 is 10.1 Å². The average Bonchev–Trinajstić information content (AvgIpc) is 2.35. The van der Waals surface area contributed by atoms with Crippen molar-refractivity contribution in [3.8, 4) is 17.3 Å². The Hall–Kier alpha value is -1.51. The number of alkyl halides is 2. The summed E-state index contributed by atoms with van der Waals surface area (Å²) >= 11 is 1.65. The van der Waals surface area contributed by atoms with E-state index in [0.717, 1.165) is 0 Å². The van der Waals surface area contributed by atoms with Crippen molar-refractivity contribution in [2.45, 2.75) is 6.43 Å². The molecular formula is C11H7F2IN2O2. The molecule has 1 aromatic heterocycles. The molecular weight excluding hydrogens is 357 g/mol. The number of aromatic nitrogens is 2. The molecule has 2 aromatic rings. The fourth-order valence-corrected chi connectivity index (χ4v) is 1.66. The molecule has 18 heavy (non-hydrogen) atoms. The molecule has 0 aliphatic heterocycles. The lowest BCUT2D eigenvalue weighted by Crippen LogP contribution is -2.12. The highest BCUT2D eigenvalue weighted by Crippen LogP contribution is 2.24. The highest BCUT2D eigenvalue weighted by atomic mass is 127. The van der Waals surface area contributed by atoms with E-state index in [1.54, 1.807) is 22.6 Å². The van der Waals surface area contributed by atoms with E-state index in [-0.39, 0.29) is 15.0 Å². The van der Waals surface area contributed by atoms with Crippen LogP contribution < -0.4 is 5.56 Å². The zero-order valence-electron chi connectivity index (χ0n) is 8.82. The molecule has 94 valence electrons. The van der Waals surface area contributed by atoms with Crippen LogP contribution in [0.2, 0.25) is 0 Å². The van der Waals surface area contributed by atoms with Crippen molar-refractivity contribution < 1.29 is 13.9 Å². The fraction of sp³-hybridized carbons (Fsp3) is 0.0909. The number of halogens is 3. The minimum Gasteiger partial charge on any atom is -0.492 e. The fourth-order valence-electron chi connectivity index (χ4n) is 1.41. The first-order chi connectivity index (χ1) is 8.49. The van der Waals surface area contributed by atoms with Gasteiger partial charge in [0, 0.05) is 11.1 Å². The molecule has 0 radical (unpaired) electrons. The Kier molecular flexibility index (Phi) is 3.60. The molecule has 0 aliphatic rings. The Morgan fingerprint density at radius 3 is 2.72 bits per heavy atom. The lowest BCUT2D eigenvalue weighted by Gasteiger charge is -2.05. The molecule has 0 amide bonds. The lowest BCUT2D eigenvalue weighted by molar-refractivity contribution is 0.151. The van der Waals surface area contributed by atoms with Gasteiger partial charge in [0.15, 0.2) is 0 Å². The summed E-state index contributed by atoms with van der Waals surface area (Å²) in [4.78, 5) is 17.6. The van der Waals surface area contributed by atoms with Crippen LogP contribution in [0.15, 0.2) is 29.1 Å². The first-order valence-electron chi connectivity index (χ1n) is 4.86. The maximum atomic E-state index is 12.5. The molecule has 0 saturated carbocycles. The molecule has 7 heteroatoms. The molecule has 0 saturated heterocycles. The number of nitrogens with zero attached hydrogens (tertiary/aromatic N) is 1. The predicted octanol–water partition coefficient (Wildman–Crippen LogP) is 2.68. The third kappa shape index (κ3) is 2.50. The van der Waals surface area contributed by atoms with Crippen molar-refractivity contribution in [2.75, 3.05) is 0 Å². The number of H-pyrrole nitrogens is 1. The van der Waals surface area contributed by atoms with Crippen LogP contribution in [0.1, 0.15) is 12.0 Å². The van der Waals surface area contributed by atoms with E-state index in [1.165, 1.54) is 24.3 Å². The zero-order chi connectivity index (χ0) is 13.3. The normalized spacial score (nSPS) is 10.9. The Labute approximate surface area is 114 Å². The monoisotopic (exact) mass is 364 g/mol. The molecule has 1 aromatic carbocycles. The average molecular weight is 364 g/mol. The van der Waals surface area contributed by atoms with Gasteiger partial charge in [-0.1, -0.05) is 18.2 Å². The van der Waals surface area contributed by atoms with Gasteiger partial charge in [-0.3, -0.25) is 4.79 Å². The number of benzene rings is 1. The molecule has 0 spiro atoms. The van der Waals surface area contributed by atoms with E-state index in [4.69, 9.17) is 0 Å². The van der Waals surface area contributed by atoms with Crippen LogP contribution in [0.25, 0.3) is 11.4 Å². The number of hydrogen-bond acceptors (Lipinski definition) is 3. The number of hydrogen-bond donors (Lipinski definition) is 2. The number of aromatic hydroxyl groups is 1. The minimum atomic E-state index is -2.60. The van der Waals surface area contributed by atoms with Gasteiger partial charge in [0.25, 0.3) is 12.0 Å². The summed E-state index contributed by atoms with van der Waals surface area (Å²) < 4.78 is 25.1. The summed E-state index contributed by atoms with van der Waals surface area (Å²) in [6.07, 6.45) is -2.60. The van der Waals surface area contributed by atoms with Crippen molar-refractivity contribution in [1.82, 2.24) is 9.97 Å². The van der Waals surface area contributed by atoms with Gasteiger partial charge >= 0.3 is 0 Å². The van der Waals surface area contributed by atoms with Gasteiger partial charge in [0.05, 0.1) is 0 Å². The first kappa shape index (κ1) is 12.9. The lowest BCUT2D eigenvalue weighted by atomic mass is 10.1. The van der Waals surface area contributed by atoms with Crippen molar-refractivity contribution >= 4 is 22.6 Å². The maximum absolute atomic E-state index is 12.5. The highest BCUT2D eigenvalue weighted by Gasteiger charge is 2.12. The quantitative estimate of drug-likeness (QED) is 0.806. The van der Waals surface area contributed by atoms with Crippen LogP contribution in [-0.2, 0) is 0 Å². The van der Waals surface area contributed by atoms with E-state index >= 15 is 0 Å². The molecule has 0 aliphatic carbocycles. The zero-order valence-corrected chi connectivity index (χ0v) is 11.0. The molecule has 1 heterocycles. The van der Waals surface area contributed by atoms with E-state index in [2.05, 4.69) is 9.97 Å². The summed E-state index contributed by atoms with van der Waals surface area (Å²) in [6, 6.07) is 5.45. The molecule has 0 atom stereocenters. The van der Waals surface area contributed by atoms with Gasteiger partial charge in [-0.2, -0.15) is 4.98 Å². The third-order valence-corrected chi connectivity index (χ3v) is 3.23. The van der Waals surface area contributed by atoms with Gasteiger partial charge in [-0.05, 0) is 28.7 Å². The minimum absolute atomic E-state index is 0.0559. The smallest absolute Gasteiger partial charge is 0.268 e. The molecule has 4 nitrogen and oxygen atoms in total. The molecule has 0 fully saturated rings. The summed E-state index contributed by atoms with van der Waals surface area (Å²) in [6.45, 7) is 0. The second-order valence-electron chi connectivity index (χ2n) is 3.48. The Balaban J connectivity index is 2.55. The number of rotatable bonds is 2. The van der Waals surface area contributed by atoms with Crippen molar-refractivity contribution in [3.05, 3.63) is 43.8 Å². The molecule has 0 unspecified atom stereocenters. The van der Waals surface area contributed by atoms with E-state index in [1.807, 2.05) is 0 Å². The Morgan fingerprint density at radius 2 is 2.11 bits per heavy atom. The van der Waals surface area contributed by atoms with Crippen LogP contribution in [-0.4, -0.2) is 15.1 Å². The van der Waals surface area contributed by atoms with E-state index in [9.17, 15) is 18.7 Å². The van der Waals surface area contributed by atoms with Gasteiger partial charge in [0.1, 0.15) is 9.39 Å². The Morgan fingerprint density at radius 1 is 1.39 bits per heavy atom. The second kappa shape index (κ2) is 5.01. The molecule has 2 N–H and O–H groups in total. The van der Waals surface area contributed by atoms with Crippen molar-refractivity contribution in [3.63, 3.8) is 0 Å². The van der Waals surface area contributed by atoms with Crippen LogP contribution in [0.5, 0.6) is 5.88 Å². The first-order valence-corrected chi connectivity index (χ1v) is 5.94. The Bertz CT molecular complexity index is 643. The summed E-state index contributed by atoms with van der Waals surface area (Å²) in [5.41, 5.74) is -0.370. The highest BCUT2D eigenvalue weighted by molar-refractivity contribution is 14.1. The summed E-state index contributed by atoms with van der Waals surface area (Å²) in [5, 5.41) is 9.43. The molecule has 2 rings (SSSR count). The predicted molar refractivity (Wildman–Crippen MR) is 69.6 cm³/mol. The molecule has 0 bridgehead atoms. The van der Waals surface area contributed by atoms with Crippen molar-refractivity contribution in [1.29, 1.82) is 0 Å². The third-order valence-electron chi connectivity index (χ3n) is 2.26. The number of aromatic amines is 1. The number of nitrogens with one attached hydrogen (secondary N) is 1. The van der Waals surface area contributed by atoms with E-state index < -0.39 is 17.9 Å². The standard InChI is InChI=1S/C11H7F2IN2O2/c12-8(13)5-2-1-3-6(4-5)9-15-10(17)7(14)11(18)16-9/h1-4,8H,(H2,15,16,17,18). The van der Waals surface area contributed by atoms with E-state index in [0.29, 0.717) is 5.56 Å². The van der Waals surface area contributed by atoms with Crippen LogP contribution in [0.3, 0.4) is 0 Å². The van der Waals surface area contributed by atoms with Crippen LogP contribution >= 0.6 is 22.6 Å². The van der Waals surface area contributed by atoms with Crippen LogP contribution in [0.4, 0.5) is 8.78 Å². The summed E-state index contributed by atoms with van der Waals surface area (Å²) in [7, 11) is 0. The SMILES string of the molecule is O=c1[nH]c(-c2cccc(C(F)F)c2)nc(O)c1I. The van der Waals surface area contributed by atoms with Gasteiger partial charge in [-0.15, -0.1) is 0 Å². The maximum Gasteiger partial charge on any atom is 0.268 e. The summed E-state index contributed by atoms with van der Waals surface area (Å²) in [5.74, 6) is -0.364. The van der Waals surface area contributed by atoms with Crippen molar-refractivity contribution in [2.24, 2.45) is 0 Å². The van der Waals surface area contributed by atoms with Crippen LogP contribution in [0, 0.1) is 3.57 Å². The van der Waals surface area contributed by atoms with Gasteiger partial charge in [0.2, 0.25) is 5.88 Å². The second-order valence-corrected chi connectivity index (χ2v) is 4.56.